The minimum Gasteiger partial charge on any atom is -0.466 e. The van der Waals surface area contributed by atoms with Crippen LogP contribution in [0.15, 0.2) is 54.1 Å². The van der Waals surface area contributed by atoms with E-state index < -0.39 is 35.3 Å². The molecule has 0 amide bonds. The highest BCUT2D eigenvalue weighted by Crippen LogP contribution is 2.48. The van der Waals surface area contributed by atoms with Gasteiger partial charge < -0.3 is 23.7 Å². The molecule has 5 atom stereocenters. The summed E-state index contributed by atoms with van der Waals surface area (Å²) in [7, 11) is 2.76. The van der Waals surface area contributed by atoms with Gasteiger partial charge in [-0.25, -0.2) is 4.79 Å². The molecule has 210 valence electrons. The van der Waals surface area contributed by atoms with E-state index in [9.17, 15) is 14.4 Å². The number of rotatable bonds is 13. The molecule has 0 spiro atoms. The smallest absolute Gasteiger partial charge is 0.330 e. The molecule has 8 heteroatoms. The van der Waals surface area contributed by atoms with Crippen molar-refractivity contribution >= 4 is 18.2 Å². The average Bonchev–Trinajstić information content (AvgIpc) is 2.91. The number of esters is 2. The third-order valence-corrected chi connectivity index (χ3v) is 7.11. The van der Waals surface area contributed by atoms with Crippen LogP contribution >= 0.6 is 0 Å². The molecule has 0 aromatic heterocycles. The molecule has 1 aliphatic rings. The number of methoxy groups -OCH3 is 2. The number of carbonyl (C=O) groups excluding carboxylic acids is 3. The van der Waals surface area contributed by atoms with Gasteiger partial charge in [0.1, 0.15) is 6.29 Å². The molecule has 1 unspecified atom stereocenters. The van der Waals surface area contributed by atoms with E-state index in [2.05, 4.69) is 6.92 Å². The van der Waals surface area contributed by atoms with Crippen LogP contribution in [-0.4, -0.2) is 56.5 Å². The van der Waals surface area contributed by atoms with Gasteiger partial charge in [0.2, 0.25) is 5.79 Å². The number of carbonyl (C=O) groups is 3. The van der Waals surface area contributed by atoms with Crippen LogP contribution < -0.4 is 0 Å². The van der Waals surface area contributed by atoms with E-state index in [1.807, 2.05) is 51.1 Å². The Bertz CT molecular complexity index is 983. The fraction of sp³-hybridized carbons (Fsp3) is 0.567. The second-order valence-corrected chi connectivity index (χ2v) is 10.2. The number of ether oxygens (including phenoxy) is 5. The standard InChI is InChI=1S/C30H42O8/c1-8-26(32)37-28-24(19-27(33)34-6)18-25(38-30(28,35-7)29(4,5)15-12-16-31)17-21(2)22(3)36-20-23-13-10-9-11-14-23/h9-16,19,21-22,25,28H,8,17-18,20H2,1-7H3/b15-12+,24-19+/t21-,22+,25?,28+,30-/m1/s1. The third-order valence-electron chi connectivity index (χ3n) is 7.11. The number of hydrogen-bond donors (Lipinski definition) is 0. The summed E-state index contributed by atoms with van der Waals surface area (Å²) in [5.41, 5.74) is 0.675. The van der Waals surface area contributed by atoms with E-state index in [-0.39, 0.29) is 18.4 Å². The van der Waals surface area contributed by atoms with Gasteiger partial charge in [0.15, 0.2) is 6.10 Å². The van der Waals surface area contributed by atoms with Crippen LogP contribution in [0.25, 0.3) is 0 Å². The highest BCUT2D eigenvalue weighted by atomic mass is 16.7. The predicted molar refractivity (Wildman–Crippen MR) is 143 cm³/mol. The minimum atomic E-state index is -1.52. The van der Waals surface area contributed by atoms with Crippen molar-refractivity contribution in [1.82, 2.24) is 0 Å². The van der Waals surface area contributed by atoms with E-state index >= 15 is 0 Å². The van der Waals surface area contributed by atoms with Crippen molar-refractivity contribution in [2.24, 2.45) is 11.3 Å². The number of benzene rings is 1. The summed E-state index contributed by atoms with van der Waals surface area (Å²) in [6.45, 7) is 9.94. The van der Waals surface area contributed by atoms with Gasteiger partial charge in [-0.3, -0.25) is 9.59 Å². The van der Waals surface area contributed by atoms with Gasteiger partial charge in [0, 0.05) is 25.0 Å². The Labute approximate surface area is 226 Å². The molecule has 1 heterocycles. The monoisotopic (exact) mass is 530 g/mol. The molecule has 38 heavy (non-hydrogen) atoms. The molecule has 2 rings (SSSR count). The number of allylic oxidation sites excluding steroid dienone is 1. The normalized spacial score (nSPS) is 24.7. The van der Waals surface area contributed by atoms with Crippen molar-refractivity contribution in [3.63, 3.8) is 0 Å². The minimum absolute atomic E-state index is 0.0811. The zero-order valence-electron chi connectivity index (χ0n) is 23.6. The number of aldehydes is 1. The molecule has 0 radical (unpaired) electrons. The molecule has 1 aliphatic heterocycles. The van der Waals surface area contributed by atoms with Gasteiger partial charge in [0.05, 0.1) is 25.9 Å². The lowest BCUT2D eigenvalue weighted by atomic mass is 9.73. The van der Waals surface area contributed by atoms with Gasteiger partial charge in [-0.2, -0.15) is 0 Å². The Morgan fingerprint density at radius 3 is 2.45 bits per heavy atom. The Hall–Kier alpha value is -2.81. The summed E-state index contributed by atoms with van der Waals surface area (Å²) < 4.78 is 29.6. The van der Waals surface area contributed by atoms with E-state index in [4.69, 9.17) is 23.7 Å². The fourth-order valence-electron chi connectivity index (χ4n) is 4.69. The summed E-state index contributed by atoms with van der Waals surface area (Å²) in [5, 5.41) is 0. The van der Waals surface area contributed by atoms with Crippen molar-refractivity contribution in [1.29, 1.82) is 0 Å². The topological polar surface area (TPSA) is 97.4 Å². The molecule has 1 saturated heterocycles. The number of hydrogen-bond acceptors (Lipinski definition) is 8. The summed E-state index contributed by atoms with van der Waals surface area (Å²) in [6, 6.07) is 9.96. The molecular weight excluding hydrogens is 488 g/mol. The molecule has 8 nitrogen and oxygen atoms in total. The highest BCUT2D eigenvalue weighted by molar-refractivity contribution is 5.83. The zero-order valence-corrected chi connectivity index (χ0v) is 23.6. The van der Waals surface area contributed by atoms with Gasteiger partial charge >= 0.3 is 11.9 Å². The van der Waals surface area contributed by atoms with E-state index in [0.717, 1.165) is 5.56 Å². The summed E-state index contributed by atoms with van der Waals surface area (Å²) in [6.07, 6.45) is 4.54. The predicted octanol–water partition coefficient (Wildman–Crippen LogP) is 4.95. The second kappa shape index (κ2) is 14.4. The first-order valence-corrected chi connectivity index (χ1v) is 13.0. The third kappa shape index (κ3) is 7.85. The molecule has 0 bridgehead atoms. The summed E-state index contributed by atoms with van der Waals surface area (Å²) in [4.78, 5) is 36.0. The molecular formula is C30H42O8. The molecule has 0 N–H and O–H groups in total. The lowest BCUT2D eigenvalue weighted by Crippen LogP contribution is -2.63. The second-order valence-electron chi connectivity index (χ2n) is 10.2. The first-order chi connectivity index (χ1) is 18.0. The Morgan fingerprint density at radius 1 is 1.18 bits per heavy atom. The fourth-order valence-corrected chi connectivity index (χ4v) is 4.69. The van der Waals surface area contributed by atoms with Gasteiger partial charge in [-0.05, 0) is 42.9 Å². The Morgan fingerprint density at radius 2 is 1.87 bits per heavy atom. The molecule has 0 saturated carbocycles. The average molecular weight is 531 g/mol. The van der Waals surface area contributed by atoms with Crippen LogP contribution in [0.3, 0.4) is 0 Å². The molecule has 1 aromatic rings. The van der Waals surface area contributed by atoms with E-state index in [1.54, 1.807) is 13.0 Å². The zero-order chi connectivity index (χ0) is 28.3. The Kier molecular flexibility index (Phi) is 11.9. The van der Waals surface area contributed by atoms with Crippen LogP contribution in [-0.2, 0) is 44.7 Å². The Balaban J connectivity index is 2.42. The van der Waals surface area contributed by atoms with Crippen molar-refractivity contribution in [2.75, 3.05) is 14.2 Å². The lowest BCUT2D eigenvalue weighted by Gasteiger charge is -2.53. The van der Waals surface area contributed by atoms with E-state index in [1.165, 1.54) is 26.4 Å². The van der Waals surface area contributed by atoms with Crippen molar-refractivity contribution in [3.05, 3.63) is 59.7 Å². The lowest BCUT2D eigenvalue weighted by molar-refractivity contribution is -0.337. The summed E-state index contributed by atoms with van der Waals surface area (Å²) >= 11 is 0. The van der Waals surface area contributed by atoms with Crippen molar-refractivity contribution < 1.29 is 38.1 Å². The summed E-state index contributed by atoms with van der Waals surface area (Å²) in [5.74, 6) is -2.48. The molecule has 0 aliphatic carbocycles. The highest BCUT2D eigenvalue weighted by Gasteiger charge is 2.59. The first-order valence-electron chi connectivity index (χ1n) is 13.0. The van der Waals surface area contributed by atoms with Gasteiger partial charge in [-0.1, -0.05) is 64.1 Å². The van der Waals surface area contributed by atoms with E-state index in [0.29, 0.717) is 31.3 Å². The van der Waals surface area contributed by atoms with Crippen molar-refractivity contribution in [2.45, 2.75) is 84.6 Å². The van der Waals surface area contributed by atoms with Gasteiger partial charge in [0.25, 0.3) is 0 Å². The van der Waals surface area contributed by atoms with Crippen LogP contribution in [0.5, 0.6) is 0 Å². The maximum absolute atomic E-state index is 12.5. The maximum Gasteiger partial charge on any atom is 0.330 e. The quantitative estimate of drug-likeness (QED) is 0.201. The maximum atomic E-state index is 12.5. The largest absolute Gasteiger partial charge is 0.466 e. The van der Waals surface area contributed by atoms with Crippen LogP contribution in [0.4, 0.5) is 0 Å². The molecule has 1 fully saturated rings. The van der Waals surface area contributed by atoms with Gasteiger partial charge in [-0.15, -0.1) is 0 Å². The first kappa shape index (κ1) is 31.4. The van der Waals surface area contributed by atoms with Crippen LogP contribution in [0, 0.1) is 11.3 Å². The molecule has 1 aromatic carbocycles. The van der Waals surface area contributed by atoms with Crippen molar-refractivity contribution in [3.8, 4) is 0 Å². The SMILES string of the molecule is CCC(=O)O[C@H]1/C(=C/C(=O)OC)CC(C[C@@H](C)[C@H](C)OCc2ccccc2)O[C@@]1(OC)C(C)(C)/C=C/C=O. The van der Waals surface area contributed by atoms with Crippen LogP contribution in [0.1, 0.15) is 59.4 Å². The van der Waals surface area contributed by atoms with Crippen LogP contribution in [0.2, 0.25) is 0 Å².